The highest BCUT2D eigenvalue weighted by atomic mass is 16.5. The second-order valence-corrected chi connectivity index (χ2v) is 7.55. The zero-order valence-corrected chi connectivity index (χ0v) is 16.5. The summed E-state index contributed by atoms with van der Waals surface area (Å²) in [6.07, 6.45) is 3.90. The fraction of sp³-hybridized carbons (Fsp3) is 0.217. The topological polar surface area (TPSA) is 92.4 Å². The van der Waals surface area contributed by atoms with Crippen LogP contribution in [0.15, 0.2) is 54.9 Å². The fourth-order valence-electron chi connectivity index (χ4n) is 3.64. The summed E-state index contributed by atoms with van der Waals surface area (Å²) in [6.45, 7) is 0.353. The first-order chi connectivity index (χ1) is 14.6. The normalized spacial score (nSPS) is 13.5. The summed E-state index contributed by atoms with van der Waals surface area (Å²) in [5.41, 5.74) is 3.67. The molecule has 1 saturated carbocycles. The number of hydrogen-bond acceptors (Lipinski definition) is 6. The summed E-state index contributed by atoms with van der Waals surface area (Å²) in [6, 6.07) is 15.4. The SMILES string of the molecule is COc1cc2ncnc(NC3CC3)c2cc1-c1cccc(Cn2c(O)ccc2O)c1. The number of anilines is 1. The molecule has 7 heteroatoms. The quantitative estimate of drug-likeness (QED) is 0.449. The van der Waals surface area contributed by atoms with E-state index < -0.39 is 0 Å². The molecule has 0 radical (unpaired) electrons. The van der Waals surface area contributed by atoms with Gasteiger partial charge in [-0.05, 0) is 36.1 Å². The van der Waals surface area contributed by atoms with Gasteiger partial charge < -0.3 is 20.3 Å². The molecule has 0 spiro atoms. The smallest absolute Gasteiger partial charge is 0.194 e. The number of fused-ring (bicyclic) bond motifs is 1. The van der Waals surface area contributed by atoms with Crippen molar-refractivity contribution in [3.05, 3.63) is 60.4 Å². The molecule has 1 aliphatic carbocycles. The van der Waals surface area contributed by atoms with Crippen molar-refractivity contribution in [2.75, 3.05) is 12.4 Å². The van der Waals surface area contributed by atoms with Crippen molar-refractivity contribution < 1.29 is 14.9 Å². The summed E-state index contributed by atoms with van der Waals surface area (Å²) in [5.74, 6) is 1.61. The highest BCUT2D eigenvalue weighted by Crippen LogP contribution is 2.37. The monoisotopic (exact) mass is 402 g/mol. The van der Waals surface area contributed by atoms with E-state index in [0.29, 0.717) is 12.6 Å². The Kier molecular flexibility index (Phi) is 4.43. The number of aromatic hydroxyl groups is 2. The molecule has 5 rings (SSSR count). The Hall–Kier alpha value is -3.74. The molecule has 1 aliphatic rings. The van der Waals surface area contributed by atoms with E-state index in [-0.39, 0.29) is 11.8 Å². The lowest BCUT2D eigenvalue weighted by Gasteiger charge is -2.14. The van der Waals surface area contributed by atoms with Crippen LogP contribution in [0.5, 0.6) is 17.5 Å². The molecule has 1 fully saturated rings. The summed E-state index contributed by atoms with van der Waals surface area (Å²) < 4.78 is 7.11. The van der Waals surface area contributed by atoms with Crippen LogP contribution in [0.2, 0.25) is 0 Å². The second kappa shape index (κ2) is 7.26. The molecule has 0 unspecified atom stereocenters. The van der Waals surface area contributed by atoms with E-state index in [4.69, 9.17) is 4.74 Å². The molecule has 30 heavy (non-hydrogen) atoms. The number of nitrogens with one attached hydrogen (secondary N) is 1. The maximum Gasteiger partial charge on any atom is 0.194 e. The van der Waals surface area contributed by atoms with Crippen LogP contribution >= 0.6 is 0 Å². The highest BCUT2D eigenvalue weighted by molar-refractivity contribution is 5.95. The maximum atomic E-state index is 9.95. The van der Waals surface area contributed by atoms with Gasteiger partial charge in [-0.25, -0.2) is 9.97 Å². The summed E-state index contributed by atoms with van der Waals surface area (Å²) >= 11 is 0. The second-order valence-electron chi connectivity index (χ2n) is 7.55. The largest absolute Gasteiger partial charge is 0.496 e. The van der Waals surface area contributed by atoms with Crippen LogP contribution in [-0.2, 0) is 6.54 Å². The van der Waals surface area contributed by atoms with Crippen LogP contribution in [0.1, 0.15) is 18.4 Å². The van der Waals surface area contributed by atoms with Crippen LogP contribution < -0.4 is 10.1 Å². The molecule has 4 aromatic rings. The Morgan fingerprint density at radius 2 is 1.87 bits per heavy atom. The zero-order valence-electron chi connectivity index (χ0n) is 16.5. The van der Waals surface area contributed by atoms with Gasteiger partial charge in [0.2, 0.25) is 0 Å². The van der Waals surface area contributed by atoms with E-state index in [0.717, 1.165) is 52.0 Å². The molecule has 2 aromatic heterocycles. The lowest BCUT2D eigenvalue weighted by Crippen LogP contribution is -2.04. The van der Waals surface area contributed by atoms with Gasteiger partial charge in [0.25, 0.3) is 0 Å². The van der Waals surface area contributed by atoms with Gasteiger partial charge in [-0.3, -0.25) is 4.57 Å². The Bertz CT molecular complexity index is 1210. The first-order valence-corrected chi connectivity index (χ1v) is 9.88. The number of nitrogens with zero attached hydrogens (tertiary/aromatic N) is 3. The number of methoxy groups -OCH3 is 1. The van der Waals surface area contributed by atoms with Gasteiger partial charge in [-0.2, -0.15) is 0 Å². The van der Waals surface area contributed by atoms with Crippen molar-refractivity contribution in [2.45, 2.75) is 25.4 Å². The Morgan fingerprint density at radius 1 is 1.07 bits per heavy atom. The van der Waals surface area contributed by atoms with Gasteiger partial charge in [-0.15, -0.1) is 0 Å². The first kappa shape index (κ1) is 18.3. The number of ether oxygens (including phenoxy) is 1. The summed E-state index contributed by atoms with van der Waals surface area (Å²) in [5, 5.41) is 24.3. The molecular formula is C23H22N4O3. The third-order valence-corrected chi connectivity index (χ3v) is 5.39. The average molecular weight is 402 g/mol. The van der Waals surface area contributed by atoms with E-state index >= 15 is 0 Å². The molecule has 3 N–H and O–H groups in total. The highest BCUT2D eigenvalue weighted by Gasteiger charge is 2.23. The average Bonchev–Trinajstić information content (AvgIpc) is 3.53. The molecule has 0 saturated heterocycles. The van der Waals surface area contributed by atoms with Crippen LogP contribution in [0.25, 0.3) is 22.0 Å². The maximum absolute atomic E-state index is 9.95. The minimum absolute atomic E-state index is 0.0223. The predicted octanol–water partition coefficient (Wildman–Crippen LogP) is 4.14. The third kappa shape index (κ3) is 3.39. The molecule has 0 atom stereocenters. The van der Waals surface area contributed by atoms with Crippen molar-refractivity contribution in [1.82, 2.24) is 14.5 Å². The lowest BCUT2D eigenvalue weighted by atomic mass is 10.00. The van der Waals surface area contributed by atoms with Crippen molar-refractivity contribution in [1.29, 1.82) is 0 Å². The third-order valence-electron chi connectivity index (χ3n) is 5.39. The van der Waals surface area contributed by atoms with E-state index in [2.05, 4.69) is 21.4 Å². The van der Waals surface area contributed by atoms with Gasteiger partial charge in [0.05, 0.1) is 19.2 Å². The van der Waals surface area contributed by atoms with Gasteiger partial charge in [0.15, 0.2) is 11.8 Å². The van der Waals surface area contributed by atoms with E-state index in [1.54, 1.807) is 13.4 Å². The van der Waals surface area contributed by atoms with Crippen molar-refractivity contribution in [3.8, 4) is 28.6 Å². The number of hydrogen-bond donors (Lipinski definition) is 3. The molecule has 0 bridgehead atoms. The molecule has 0 amide bonds. The van der Waals surface area contributed by atoms with Crippen LogP contribution in [0, 0.1) is 0 Å². The standard InChI is InChI=1S/C23H22N4O3/c1-30-20-11-19-18(23(25-13-24-19)26-16-5-6-16)10-17(20)15-4-2-3-14(9-15)12-27-21(28)7-8-22(27)29/h2-4,7-11,13,16,28-29H,5-6,12H2,1H3,(H,24,25,26). The van der Waals surface area contributed by atoms with Crippen LogP contribution in [0.3, 0.4) is 0 Å². The van der Waals surface area contributed by atoms with E-state index in [9.17, 15) is 10.2 Å². The summed E-state index contributed by atoms with van der Waals surface area (Å²) in [7, 11) is 1.65. The Morgan fingerprint density at radius 3 is 2.60 bits per heavy atom. The minimum Gasteiger partial charge on any atom is -0.496 e. The van der Waals surface area contributed by atoms with Gasteiger partial charge in [-0.1, -0.05) is 18.2 Å². The van der Waals surface area contributed by atoms with Gasteiger partial charge in [0, 0.05) is 35.2 Å². The zero-order chi connectivity index (χ0) is 20.7. The molecule has 2 aromatic carbocycles. The first-order valence-electron chi connectivity index (χ1n) is 9.88. The number of benzene rings is 2. The molecule has 7 nitrogen and oxygen atoms in total. The Balaban J connectivity index is 1.58. The van der Waals surface area contributed by atoms with E-state index in [1.165, 1.54) is 16.7 Å². The van der Waals surface area contributed by atoms with Gasteiger partial charge in [0.1, 0.15) is 17.9 Å². The van der Waals surface area contributed by atoms with Crippen molar-refractivity contribution >= 4 is 16.7 Å². The van der Waals surface area contributed by atoms with Gasteiger partial charge >= 0.3 is 0 Å². The van der Waals surface area contributed by atoms with Crippen molar-refractivity contribution in [2.24, 2.45) is 0 Å². The van der Waals surface area contributed by atoms with Crippen LogP contribution in [0.4, 0.5) is 5.82 Å². The summed E-state index contributed by atoms with van der Waals surface area (Å²) in [4.78, 5) is 8.85. The molecular weight excluding hydrogens is 380 g/mol. The van der Waals surface area contributed by atoms with Crippen molar-refractivity contribution in [3.63, 3.8) is 0 Å². The minimum atomic E-state index is 0.0223. The molecule has 0 aliphatic heterocycles. The Labute approximate surface area is 173 Å². The predicted molar refractivity (Wildman–Crippen MR) is 115 cm³/mol. The fourth-order valence-corrected chi connectivity index (χ4v) is 3.64. The molecule has 152 valence electrons. The lowest BCUT2D eigenvalue weighted by molar-refractivity contribution is 0.377. The van der Waals surface area contributed by atoms with E-state index in [1.807, 2.05) is 30.3 Å². The number of rotatable bonds is 6. The molecule has 2 heterocycles. The number of aromatic nitrogens is 3. The van der Waals surface area contributed by atoms with Crippen LogP contribution in [-0.4, -0.2) is 37.9 Å².